The Hall–Kier alpha value is -2.03. The molecule has 2 aromatic rings. The van der Waals surface area contributed by atoms with Crippen LogP contribution in [0.1, 0.15) is 5.69 Å². The summed E-state index contributed by atoms with van der Waals surface area (Å²) in [6.07, 6.45) is 1.79. The van der Waals surface area contributed by atoms with Crippen molar-refractivity contribution in [1.82, 2.24) is 4.98 Å². The molecule has 0 aliphatic carbocycles. The van der Waals surface area contributed by atoms with Crippen LogP contribution in [0.25, 0.3) is 0 Å². The molecule has 0 fully saturated rings. The van der Waals surface area contributed by atoms with E-state index in [2.05, 4.69) is 10.3 Å². The fourth-order valence-electron chi connectivity index (χ4n) is 1.43. The van der Waals surface area contributed by atoms with E-state index in [1.54, 1.807) is 13.3 Å². The van der Waals surface area contributed by atoms with Gasteiger partial charge in [-0.3, -0.25) is 4.98 Å². The van der Waals surface area contributed by atoms with Crippen LogP contribution in [0, 0.1) is 0 Å². The van der Waals surface area contributed by atoms with Gasteiger partial charge < -0.3 is 10.1 Å². The van der Waals surface area contributed by atoms with Gasteiger partial charge in [-0.15, -0.1) is 0 Å². The van der Waals surface area contributed by atoms with Crippen molar-refractivity contribution >= 4 is 5.69 Å². The van der Waals surface area contributed by atoms with Crippen LogP contribution in [0.15, 0.2) is 48.7 Å². The lowest BCUT2D eigenvalue weighted by Gasteiger charge is -2.07. The molecule has 3 heteroatoms. The van der Waals surface area contributed by atoms with E-state index in [0.29, 0.717) is 6.54 Å². The topological polar surface area (TPSA) is 34.1 Å². The van der Waals surface area contributed by atoms with Gasteiger partial charge in [0, 0.05) is 18.0 Å². The van der Waals surface area contributed by atoms with Crippen molar-refractivity contribution in [3.8, 4) is 5.75 Å². The maximum Gasteiger partial charge on any atom is 0.120 e. The minimum absolute atomic E-state index is 0.716. The van der Waals surface area contributed by atoms with Gasteiger partial charge in [0.1, 0.15) is 5.75 Å². The van der Waals surface area contributed by atoms with Crippen LogP contribution in [-0.2, 0) is 6.54 Å². The zero-order valence-corrected chi connectivity index (χ0v) is 9.18. The Morgan fingerprint density at radius 2 is 2.12 bits per heavy atom. The van der Waals surface area contributed by atoms with Gasteiger partial charge in [-0.1, -0.05) is 12.1 Å². The van der Waals surface area contributed by atoms with Crippen molar-refractivity contribution < 1.29 is 4.74 Å². The van der Waals surface area contributed by atoms with Crippen LogP contribution in [0.3, 0.4) is 0 Å². The molecule has 16 heavy (non-hydrogen) atoms. The minimum Gasteiger partial charge on any atom is -0.497 e. The number of benzene rings is 1. The lowest BCUT2D eigenvalue weighted by Crippen LogP contribution is -2.01. The van der Waals surface area contributed by atoms with Gasteiger partial charge in [0.05, 0.1) is 19.3 Å². The Morgan fingerprint density at radius 1 is 1.19 bits per heavy atom. The SMILES string of the molecule is COc1cccc(NCc2ccccn2)c1. The number of pyridine rings is 1. The zero-order valence-electron chi connectivity index (χ0n) is 9.18. The van der Waals surface area contributed by atoms with E-state index in [1.807, 2.05) is 42.5 Å². The van der Waals surface area contributed by atoms with E-state index in [9.17, 15) is 0 Å². The van der Waals surface area contributed by atoms with Crippen LogP contribution < -0.4 is 10.1 Å². The second-order valence-electron chi connectivity index (χ2n) is 3.41. The van der Waals surface area contributed by atoms with E-state index < -0.39 is 0 Å². The summed E-state index contributed by atoms with van der Waals surface area (Å²) in [5, 5.41) is 3.29. The van der Waals surface area contributed by atoms with Crippen molar-refractivity contribution in [3.63, 3.8) is 0 Å². The Morgan fingerprint density at radius 3 is 2.88 bits per heavy atom. The number of anilines is 1. The lowest BCUT2D eigenvalue weighted by atomic mass is 10.3. The van der Waals surface area contributed by atoms with Crippen molar-refractivity contribution in [3.05, 3.63) is 54.4 Å². The largest absolute Gasteiger partial charge is 0.497 e. The summed E-state index contributed by atoms with van der Waals surface area (Å²) in [4.78, 5) is 4.24. The molecule has 0 unspecified atom stereocenters. The van der Waals surface area contributed by atoms with Gasteiger partial charge >= 0.3 is 0 Å². The number of hydrogen-bond donors (Lipinski definition) is 1. The summed E-state index contributed by atoms with van der Waals surface area (Å²) >= 11 is 0. The normalized spacial score (nSPS) is 9.81. The molecule has 82 valence electrons. The first kappa shape index (κ1) is 10.5. The standard InChI is InChI=1S/C13H14N2O/c1-16-13-7-4-6-11(9-13)15-10-12-5-2-3-8-14-12/h2-9,15H,10H2,1H3. The van der Waals surface area contributed by atoms with Gasteiger partial charge in [-0.05, 0) is 24.3 Å². The average Bonchev–Trinajstić information content (AvgIpc) is 2.38. The van der Waals surface area contributed by atoms with Gasteiger partial charge in [0.15, 0.2) is 0 Å². The third-order valence-electron chi connectivity index (χ3n) is 2.27. The summed E-state index contributed by atoms with van der Waals surface area (Å²) in [6.45, 7) is 0.716. The van der Waals surface area contributed by atoms with Crippen LogP contribution >= 0.6 is 0 Å². The maximum atomic E-state index is 5.15. The number of aromatic nitrogens is 1. The molecule has 2 rings (SSSR count). The molecule has 0 aliphatic heterocycles. The summed E-state index contributed by atoms with van der Waals surface area (Å²) in [5.74, 6) is 0.853. The molecular weight excluding hydrogens is 200 g/mol. The second kappa shape index (κ2) is 5.16. The number of nitrogens with zero attached hydrogens (tertiary/aromatic N) is 1. The van der Waals surface area contributed by atoms with Crippen molar-refractivity contribution in [1.29, 1.82) is 0 Å². The molecule has 3 nitrogen and oxygen atoms in total. The highest BCUT2D eigenvalue weighted by atomic mass is 16.5. The molecule has 0 bridgehead atoms. The maximum absolute atomic E-state index is 5.15. The summed E-state index contributed by atoms with van der Waals surface area (Å²) in [5.41, 5.74) is 2.05. The Labute approximate surface area is 95.1 Å². The van der Waals surface area contributed by atoms with E-state index in [4.69, 9.17) is 4.74 Å². The highest BCUT2D eigenvalue weighted by Crippen LogP contribution is 2.16. The first-order valence-corrected chi connectivity index (χ1v) is 5.16. The Kier molecular flexibility index (Phi) is 3.38. The Balaban J connectivity index is 1.99. The molecular formula is C13H14N2O. The molecule has 0 saturated carbocycles. The van der Waals surface area contributed by atoms with Crippen molar-refractivity contribution in [2.75, 3.05) is 12.4 Å². The predicted molar refractivity (Wildman–Crippen MR) is 64.6 cm³/mol. The number of methoxy groups -OCH3 is 1. The van der Waals surface area contributed by atoms with Gasteiger partial charge in [-0.25, -0.2) is 0 Å². The Bertz CT molecular complexity index is 443. The number of nitrogens with one attached hydrogen (secondary N) is 1. The number of rotatable bonds is 4. The summed E-state index contributed by atoms with van der Waals surface area (Å²) in [6, 6.07) is 13.7. The van der Waals surface area contributed by atoms with E-state index in [1.165, 1.54) is 0 Å². The third-order valence-corrected chi connectivity index (χ3v) is 2.27. The van der Waals surface area contributed by atoms with Gasteiger partial charge in [0.25, 0.3) is 0 Å². The van der Waals surface area contributed by atoms with Crippen LogP contribution in [-0.4, -0.2) is 12.1 Å². The van der Waals surface area contributed by atoms with E-state index >= 15 is 0 Å². The molecule has 0 aliphatic rings. The predicted octanol–water partition coefficient (Wildman–Crippen LogP) is 2.70. The highest BCUT2D eigenvalue weighted by Gasteiger charge is 1.96. The van der Waals surface area contributed by atoms with Crippen molar-refractivity contribution in [2.24, 2.45) is 0 Å². The fourth-order valence-corrected chi connectivity index (χ4v) is 1.43. The molecule has 0 radical (unpaired) electrons. The monoisotopic (exact) mass is 214 g/mol. The quantitative estimate of drug-likeness (QED) is 0.849. The number of hydrogen-bond acceptors (Lipinski definition) is 3. The first-order chi connectivity index (χ1) is 7.88. The molecule has 1 N–H and O–H groups in total. The van der Waals surface area contributed by atoms with E-state index in [-0.39, 0.29) is 0 Å². The van der Waals surface area contributed by atoms with Crippen LogP contribution in [0.2, 0.25) is 0 Å². The molecule has 0 saturated heterocycles. The fraction of sp³-hybridized carbons (Fsp3) is 0.154. The smallest absolute Gasteiger partial charge is 0.120 e. The van der Waals surface area contributed by atoms with Crippen LogP contribution in [0.4, 0.5) is 5.69 Å². The van der Waals surface area contributed by atoms with Crippen molar-refractivity contribution in [2.45, 2.75) is 6.54 Å². The molecule has 1 aromatic heterocycles. The van der Waals surface area contributed by atoms with E-state index in [0.717, 1.165) is 17.1 Å². The minimum atomic E-state index is 0.716. The molecule has 1 aromatic carbocycles. The molecule has 0 spiro atoms. The summed E-state index contributed by atoms with van der Waals surface area (Å²) in [7, 11) is 1.66. The second-order valence-corrected chi connectivity index (χ2v) is 3.41. The molecule has 1 heterocycles. The molecule has 0 amide bonds. The number of ether oxygens (including phenoxy) is 1. The average molecular weight is 214 g/mol. The molecule has 0 atom stereocenters. The van der Waals surface area contributed by atoms with Gasteiger partial charge in [0.2, 0.25) is 0 Å². The lowest BCUT2D eigenvalue weighted by molar-refractivity contribution is 0.415. The highest BCUT2D eigenvalue weighted by molar-refractivity contribution is 5.48. The van der Waals surface area contributed by atoms with Crippen LogP contribution in [0.5, 0.6) is 5.75 Å². The summed E-state index contributed by atoms with van der Waals surface area (Å²) < 4.78 is 5.15. The first-order valence-electron chi connectivity index (χ1n) is 5.16. The zero-order chi connectivity index (χ0) is 11.2. The van der Waals surface area contributed by atoms with Gasteiger partial charge in [-0.2, -0.15) is 0 Å². The third kappa shape index (κ3) is 2.73.